The van der Waals surface area contributed by atoms with E-state index in [1.54, 1.807) is 12.4 Å². The number of hydrogen-bond acceptors (Lipinski definition) is 7. The molecular formula is C16H21N7S. The molecule has 8 heteroatoms. The molecule has 2 N–H and O–H groups in total. The van der Waals surface area contributed by atoms with Crippen LogP contribution in [0.2, 0.25) is 0 Å². The van der Waals surface area contributed by atoms with Crippen LogP contribution in [0, 0.1) is 11.3 Å². The maximum atomic E-state index is 8.62. The number of rotatable bonds is 7. The second-order valence-corrected chi connectivity index (χ2v) is 6.15. The topological polar surface area (TPSA) is 103 Å². The van der Waals surface area contributed by atoms with E-state index >= 15 is 0 Å². The van der Waals surface area contributed by atoms with Crippen LogP contribution < -0.4 is 5.32 Å². The smallest absolute Gasteiger partial charge is 0.165 e. The van der Waals surface area contributed by atoms with Crippen LogP contribution in [0.4, 0.5) is 5.82 Å². The van der Waals surface area contributed by atoms with Crippen LogP contribution in [0.1, 0.15) is 44.6 Å². The summed E-state index contributed by atoms with van der Waals surface area (Å²) >= 11 is 1.36. The normalized spacial score (nSPS) is 10.2. The molecule has 0 aromatic carbocycles. The monoisotopic (exact) mass is 343 g/mol. The molecule has 2 aromatic heterocycles. The van der Waals surface area contributed by atoms with Crippen molar-refractivity contribution in [3.8, 4) is 17.5 Å². The molecule has 24 heavy (non-hydrogen) atoms. The molecule has 0 radical (unpaired) electrons. The van der Waals surface area contributed by atoms with E-state index in [9.17, 15) is 0 Å². The molecule has 0 saturated heterocycles. The molecular weight excluding hydrogens is 322 g/mol. The lowest BCUT2D eigenvalue weighted by Crippen LogP contribution is -2.07. The summed E-state index contributed by atoms with van der Waals surface area (Å²) in [5.41, 5.74) is 1.86. The lowest BCUT2D eigenvalue weighted by molar-refractivity contribution is 0.777. The summed E-state index contributed by atoms with van der Waals surface area (Å²) in [5.74, 6) is 1.59. The number of anilines is 1. The SMILES string of the molecule is CC(C)c1cn[nH]cnc(-c2cnsc2)nc1NCCCCC#N. The van der Waals surface area contributed by atoms with Crippen molar-refractivity contribution in [1.29, 1.82) is 5.26 Å². The Morgan fingerprint density at radius 2 is 2.21 bits per heavy atom. The standard InChI is InChI=1S/C16H21N7S/c1-12(2)14-9-20-21-11-19-15(13-8-22-24-10-13)23-16(14)18-7-5-3-4-6-17/h8-12,18H,3-5,7H2,1-2H3,(H,19,21,23). The highest BCUT2D eigenvalue weighted by Gasteiger charge is 2.09. The van der Waals surface area contributed by atoms with Gasteiger partial charge >= 0.3 is 0 Å². The van der Waals surface area contributed by atoms with E-state index in [-0.39, 0.29) is 5.92 Å². The van der Waals surface area contributed by atoms with Crippen molar-refractivity contribution in [2.24, 2.45) is 0 Å². The Morgan fingerprint density at radius 1 is 1.33 bits per heavy atom. The van der Waals surface area contributed by atoms with Crippen molar-refractivity contribution in [3.05, 3.63) is 29.7 Å². The van der Waals surface area contributed by atoms with Gasteiger partial charge in [-0.1, -0.05) is 13.8 Å². The van der Waals surface area contributed by atoms with Gasteiger partial charge in [0.2, 0.25) is 0 Å². The lowest BCUT2D eigenvalue weighted by atomic mass is 10.1. The molecule has 0 saturated carbocycles. The van der Waals surface area contributed by atoms with E-state index in [1.165, 1.54) is 17.9 Å². The van der Waals surface area contributed by atoms with Crippen LogP contribution in [-0.4, -0.2) is 31.1 Å². The van der Waals surface area contributed by atoms with Crippen LogP contribution in [0.25, 0.3) is 11.4 Å². The number of H-pyrrole nitrogens is 1. The van der Waals surface area contributed by atoms with Gasteiger partial charge < -0.3 is 5.32 Å². The van der Waals surface area contributed by atoms with Gasteiger partial charge in [-0.15, -0.1) is 0 Å². The van der Waals surface area contributed by atoms with E-state index in [0.29, 0.717) is 12.2 Å². The van der Waals surface area contributed by atoms with E-state index in [1.807, 2.05) is 5.38 Å². The maximum Gasteiger partial charge on any atom is 0.165 e. The molecule has 0 aliphatic heterocycles. The molecule has 0 aliphatic rings. The summed E-state index contributed by atoms with van der Waals surface area (Å²) in [6.07, 6.45) is 7.38. The van der Waals surface area contributed by atoms with Gasteiger partial charge in [0.1, 0.15) is 12.1 Å². The largest absolute Gasteiger partial charge is 0.370 e. The Kier molecular flexibility index (Phi) is 7.11. The molecule has 0 unspecified atom stereocenters. The van der Waals surface area contributed by atoms with Crippen molar-refractivity contribution in [1.82, 2.24) is 24.5 Å². The zero-order valence-electron chi connectivity index (χ0n) is 13.9. The summed E-state index contributed by atoms with van der Waals surface area (Å²) in [5, 5.41) is 20.9. The maximum absolute atomic E-state index is 8.62. The van der Waals surface area contributed by atoms with E-state index in [2.05, 4.69) is 44.8 Å². The Balaban J connectivity index is 2.37. The van der Waals surface area contributed by atoms with Gasteiger partial charge in [-0.2, -0.15) is 10.4 Å². The first kappa shape index (κ1) is 17.8. The van der Waals surface area contributed by atoms with Gasteiger partial charge in [0.15, 0.2) is 5.82 Å². The number of hydrogen-bond donors (Lipinski definition) is 2. The predicted molar refractivity (Wildman–Crippen MR) is 95.0 cm³/mol. The second-order valence-electron chi connectivity index (χ2n) is 5.49. The third-order valence-corrected chi connectivity index (χ3v) is 3.92. The fourth-order valence-electron chi connectivity index (χ4n) is 2.04. The molecule has 2 rings (SSSR count). The van der Waals surface area contributed by atoms with Crippen LogP contribution in [0.15, 0.2) is 24.1 Å². The minimum atomic E-state index is 0.251. The molecule has 2 aromatic rings. The van der Waals surface area contributed by atoms with Gasteiger partial charge in [-0.05, 0) is 30.3 Å². The zero-order chi connectivity index (χ0) is 17.2. The van der Waals surface area contributed by atoms with Gasteiger partial charge in [0.25, 0.3) is 0 Å². The highest BCUT2D eigenvalue weighted by Crippen LogP contribution is 2.22. The predicted octanol–water partition coefficient (Wildman–Crippen LogP) is 3.68. The molecule has 0 aliphatic carbocycles. The average molecular weight is 343 g/mol. The zero-order valence-corrected chi connectivity index (χ0v) is 14.7. The molecule has 126 valence electrons. The Morgan fingerprint density at radius 3 is 2.92 bits per heavy atom. The third-order valence-electron chi connectivity index (χ3n) is 3.33. The van der Waals surface area contributed by atoms with Crippen molar-refractivity contribution in [2.75, 3.05) is 11.9 Å². The number of nitriles is 1. The fraction of sp³-hybridized carbons (Fsp3) is 0.438. The Labute approximate surface area is 145 Å². The number of unbranched alkanes of at least 4 members (excludes halogenated alkanes) is 2. The van der Waals surface area contributed by atoms with Crippen LogP contribution in [0.3, 0.4) is 0 Å². The first-order valence-electron chi connectivity index (χ1n) is 7.87. The van der Waals surface area contributed by atoms with Gasteiger partial charge in [-0.3, -0.25) is 5.10 Å². The van der Waals surface area contributed by atoms with Gasteiger partial charge in [0, 0.05) is 23.9 Å². The summed E-state index contributed by atoms with van der Waals surface area (Å²) in [7, 11) is 0. The fourth-order valence-corrected chi connectivity index (χ4v) is 2.56. The van der Waals surface area contributed by atoms with E-state index in [4.69, 9.17) is 10.2 Å². The number of aromatic amines is 1. The van der Waals surface area contributed by atoms with Crippen LogP contribution in [-0.2, 0) is 0 Å². The van der Waals surface area contributed by atoms with Gasteiger partial charge in [-0.25, -0.2) is 14.3 Å². The molecule has 0 fully saturated rings. The molecule has 0 spiro atoms. The summed E-state index contributed by atoms with van der Waals surface area (Å²) in [6.45, 7) is 4.94. The van der Waals surface area contributed by atoms with Crippen molar-refractivity contribution >= 4 is 17.4 Å². The third kappa shape index (κ3) is 5.28. The minimum absolute atomic E-state index is 0.251. The van der Waals surface area contributed by atoms with Crippen molar-refractivity contribution in [2.45, 2.75) is 39.0 Å². The first-order valence-corrected chi connectivity index (χ1v) is 8.70. The van der Waals surface area contributed by atoms with Crippen LogP contribution in [0.5, 0.6) is 0 Å². The molecule has 7 nitrogen and oxygen atoms in total. The highest BCUT2D eigenvalue weighted by atomic mass is 32.1. The quantitative estimate of drug-likeness (QED) is 0.743. The highest BCUT2D eigenvalue weighted by molar-refractivity contribution is 7.03. The second kappa shape index (κ2) is 9.57. The molecule has 0 amide bonds. The number of aromatic nitrogens is 5. The number of nitrogens with zero attached hydrogens (tertiary/aromatic N) is 5. The van der Waals surface area contributed by atoms with E-state index in [0.717, 1.165) is 36.3 Å². The molecule has 0 atom stereocenters. The van der Waals surface area contributed by atoms with E-state index < -0.39 is 0 Å². The van der Waals surface area contributed by atoms with Gasteiger partial charge in [0.05, 0.1) is 24.0 Å². The van der Waals surface area contributed by atoms with Crippen molar-refractivity contribution in [3.63, 3.8) is 0 Å². The summed E-state index contributed by atoms with van der Waals surface area (Å²) in [4.78, 5) is 9.05. The molecule has 2 heterocycles. The Bertz CT molecular complexity index is 714. The minimum Gasteiger partial charge on any atom is -0.370 e. The summed E-state index contributed by atoms with van der Waals surface area (Å²) in [6, 6.07) is 2.16. The lowest BCUT2D eigenvalue weighted by Gasteiger charge is -2.11. The Hall–Kier alpha value is -2.53. The molecule has 0 bridgehead atoms. The number of nitrogens with one attached hydrogen (secondary N) is 2. The summed E-state index contributed by atoms with van der Waals surface area (Å²) < 4.78 is 4.12. The first-order chi connectivity index (χ1) is 11.7. The van der Waals surface area contributed by atoms with Crippen molar-refractivity contribution < 1.29 is 0 Å². The van der Waals surface area contributed by atoms with Crippen LogP contribution >= 0.6 is 11.5 Å². The average Bonchev–Trinajstić information content (AvgIpc) is 3.11.